The summed E-state index contributed by atoms with van der Waals surface area (Å²) in [4.78, 5) is 0. The minimum absolute atomic E-state index is 0.189. The van der Waals surface area contributed by atoms with Crippen LogP contribution in [0.15, 0.2) is 0 Å². The zero-order valence-corrected chi connectivity index (χ0v) is 20.3. The molecule has 0 aliphatic rings. The summed E-state index contributed by atoms with van der Waals surface area (Å²) < 4.78 is 71.9. The molecule has 0 radical (unpaired) electrons. The summed E-state index contributed by atoms with van der Waals surface area (Å²) in [5, 5.41) is 0. The van der Waals surface area contributed by atoms with Crippen LogP contribution in [0.2, 0.25) is 0 Å². The lowest BCUT2D eigenvalue weighted by molar-refractivity contribution is 0.0334. The van der Waals surface area contributed by atoms with Crippen LogP contribution in [0.1, 0.15) is 117 Å². The van der Waals surface area contributed by atoms with E-state index >= 15 is 0 Å². The average molecular weight is 475 g/mol. The first kappa shape index (κ1) is 29.7. The Morgan fingerprint density at radius 1 is 0.533 bits per heavy atom. The molecule has 8 nitrogen and oxygen atoms in total. The van der Waals surface area contributed by atoms with Crippen molar-refractivity contribution in [1.29, 1.82) is 0 Å². The average Bonchev–Trinajstić information content (AvgIpc) is 2.63. The molecular formula is C20H42O8S2. The maximum Gasteiger partial charge on any atom is 0.397 e. The Hall–Kier alpha value is -0.260. The molecule has 0 heterocycles. The number of rotatable bonds is 21. The molecule has 0 fully saturated rings. The first-order valence-electron chi connectivity index (χ1n) is 11.4. The Balaban J connectivity index is 4.30. The minimum atomic E-state index is -4.77. The lowest BCUT2D eigenvalue weighted by Crippen LogP contribution is -2.35. The molecule has 0 rings (SSSR count). The molecule has 0 aromatic heterocycles. The summed E-state index contributed by atoms with van der Waals surface area (Å²) in [6, 6.07) is 0. The normalized spacial score (nSPS) is 14.7. The molecule has 2 N–H and O–H groups in total. The van der Waals surface area contributed by atoms with Crippen molar-refractivity contribution in [3.05, 3.63) is 0 Å². The van der Waals surface area contributed by atoms with Crippen LogP contribution in [0.5, 0.6) is 0 Å². The summed E-state index contributed by atoms with van der Waals surface area (Å²) in [5.41, 5.74) is 0. The second-order valence-electron chi connectivity index (χ2n) is 7.94. The van der Waals surface area contributed by atoms with Gasteiger partial charge >= 0.3 is 20.8 Å². The van der Waals surface area contributed by atoms with Gasteiger partial charge in [0.1, 0.15) is 12.2 Å². The van der Waals surface area contributed by atoms with Crippen molar-refractivity contribution < 1.29 is 34.3 Å². The van der Waals surface area contributed by atoms with Crippen LogP contribution in [0.3, 0.4) is 0 Å². The summed E-state index contributed by atoms with van der Waals surface area (Å²) in [7, 11) is -9.54. The van der Waals surface area contributed by atoms with E-state index in [9.17, 15) is 16.8 Å². The molecular weight excluding hydrogens is 432 g/mol. The Labute approximate surface area is 184 Å². The molecule has 2 atom stereocenters. The van der Waals surface area contributed by atoms with Crippen molar-refractivity contribution >= 4 is 20.8 Å². The van der Waals surface area contributed by atoms with E-state index in [1.54, 1.807) is 0 Å². The zero-order chi connectivity index (χ0) is 22.9. The van der Waals surface area contributed by atoms with Crippen molar-refractivity contribution in [3.63, 3.8) is 0 Å². The van der Waals surface area contributed by atoms with E-state index in [1.165, 1.54) is 51.4 Å². The molecule has 0 saturated heterocycles. The minimum Gasteiger partial charge on any atom is -0.264 e. The number of unbranched alkanes of at least 4 members (excludes halogenated alkanes) is 12. The molecule has 0 bridgehead atoms. The van der Waals surface area contributed by atoms with Gasteiger partial charge in [-0.3, -0.25) is 9.11 Å². The molecule has 2 unspecified atom stereocenters. The maximum atomic E-state index is 11.2. The van der Waals surface area contributed by atoms with Gasteiger partial charge in [0.15, 0.2) is 0 Å². The fourth-order valence-electron chi connectivity index (χ4n) is 3.50. The van der Waals surface area contributed by atoms with Gasteiger partial charge < -0.3 is 0 Å². The molecule has 10 heteroatoms. The molecule has 0 spiro atoms. The summed E-state index contributed by atoms with van der Waals surface area (Å²) in [6.45, 7) is 4.10. The van der Waals surface area contributed by atoms with E-state index in [0.29, 0.717) is 12.8 Å². The highest BCUT2D eigenvalue weighted by Gasteiger charge is 2.30. The van der Waals surface area contributed by atoms with Crippen LogP contribution >= 0.6 is 0 Å². The first-order valence-corrected chi connectivity index (χ1v) is 14.1. The van der Waals surface area contributed by atoms with Crippen LogP contribution in [-0.2, 0) is 29.2 Å². The van der Waals surface area contributed by atoms with E-state index in [4.69, 9.17) is 9.11 Å². The van der Waals surface area contributed by atoms with Crippen molar-refractivity contribution in [2.75, 3.05) is 0 Å². The topological polar surface area (TPSA) is 127 Å². The molecule has 30 heavy (non-hydrogen) atoms. The summed E-state index contributed by atoms with van der Waals surface area (Å²) in [5.74, 6) is 0. The second-order valence-corrected chi connectivity index (χ2v) is 10.0. The van der Waals surface area contributed by atoms with Gasteiger partial charge in [0.25, 0.3) is 0 Å². The second kappa shape index (κ2) is 17.3. The number of hydrogen-bond acceptors (Lipinski definition) is 6. The lowest BCUT2D eigenvalue weighted by Gasteiger charge is -2.24. The van der Waals surface area contributed by atoms with Crippen LogP contribution in [0.4, 0.5) is 0 Å². The van der Waals surface area contributed by atoms with E-state index in [2.05, 4.69) is 15.3 Å². The van der Waals surface area contributed by atoms with Gasteiger partial charge in [-0.1, -0.05) is 104 Å². The van der Waals surface area contributed by atoms with Crippen LogP contribution in [0.25, 0.3) is 0 Å². The zero-order valence-electron chi connectivity index (χ0n) is 18.6. The van der Waals surface area contributed by atoms with E-state index in [0.717, 1.165) is 25.7 Å². The van der Waals surface area contributed by atoms with Crippen molar-refractivity contribution in [2.24, 2.45) is 0 Å². The molecule has 0 saturated carbocycles. The van der Waals surface area contributed by atoms with Gasteiger partial charge in [-0.15, -0.1) is 0 Å². The van der Waals surface area contributed by atoms with E-state index in [-0.39, 0.29) is 12.8 Å². The van der Waals surface area contributed by atoms with Gasteiger partial charge in [-0.05, 0) is 12.8 Å². The highest BCUT2D eigenvalue weighted by atomic mass is 32.3. The highest BCUT2D eigenvalue weighted by molar-refractivity contribution is 7.81. The van der Waals surface area contributed by atoms with Crippen molar-refractivity contribution in [1.82, 2.24) is 0 Å². The van der Waals surface area contributed by atoms with E-state index in [1.807, 2.05) is 6.92 Å². The monoisotopic (exact) mass is 474 g/mol. The summed E-state index contributed by atoms with van der Waals surface area (Å²) in [6.07, 6.45) is 13.0. The fourth-order valence-corrected chi connectivity index (χ4v) is 4.56. The van der Waals surface area contributed by atoms with Crippen molar-refractivity contribution in [3.8, 4) is 0 Å². The first-order chi connectivity index (χ1) is 14.1. The van der Waals surface area contributed by atoms with Crippen molar-refractivity contribution in [2.45, 2.75) is 129 Å². The van der Waals surface area contributed by atoms with Gasteiger partial charge in [0, 0.05) is 0 Å². The summed E-state index contributed by atoms with van der Waals surface area (Å²) >= 11 is 0. The largest absolute Gasteiger partial charge is 0.397 e. The fraction of sp³-hybridized carbons (Fsp3) is 1.00. The third kappa shape index (κ3) is 19.7. The maximum absolute atomic E-state index is 11.2. The predicted molar refractivity (Wildman–Crippen MR) is 118 cm³/mol. The third-order valence-corrected chi connectivity index (χ3v) is 6.07. The Kier molecular flexibility index (Phi) is 17.2. The van der Waals surface area contributed by atoms with Gasteiger partial charge in [-0.25, -0.2) is 8.37 Å². The molecule has 0 amide bonds. The van der Waals surface area contributed by atoms with Gasteiger partial charge in [0.05, 0.1) is 0 Å². The Morgan fingerprint density at radius 2 is 0.833 bits per heavy atom. The van der Waals surface area contributed by atoms with Gasteiger partial charge in [-0.2, -0.15) is 16.8 Å². The van der Waals surface area contributed by atoms with E-state index < -0.39 is 33.0 Å². The van der Waals surface area contributed by atoms with Gasteiger partial charge in [0.2, 0.25) is 0 Å². The molecule has 0 aliphatic heterocycles. The molecule has 182 valence electrons. The molecule has 0 aromatic carbocycles. The predicted octanol–water partition coefficient (Wildman–Crippen LogP) is 5.64. The number of hydrogen-bond donors (Lipinski definition) is 2. The molecule has 0 aliphatic carbocycles. The smallest absolute Gasteiger partial charge is 0.264 e. The van der Waals surface area contributed by atoms with Crippen LogP contribution in [0, 0.1) is 0 Å². The highest BCUT2D eigenvalue weighted by Crippen LogP contribution is 2.22. The SMILES string of the molecule is CCCCCCCCCCCCCCC(OS(=O)(=O)O)C(CCCC)OS(=O)(=O)O. The Bertz CT molecular complexity index is 604. The third-order valence-electron chi connectivity index (χ3n) is 5.09. The standard InChI is InChI=1S/C20H42O8S2/c1-3-5-7-8-9-10-11-12-13-14-15-16-18-20(28-30(24,25)26)19(17-6-4-2)27-29(21,22)23/h19-20H,3-18H2,1-2H3,(H,21,22,23)(H,24,25,26). The van der Waals surface area contributed by atoms with Crippen LogP contribution in [-0.4, -0.2) is 38.1 Å². The lowest BCUT2D eigenvalue weighted by atomic mass is 10.0. The van der Waals surface area contributed by atoms with Crippen LogP contribution < -0.4 is 0 Å². The Morgan fingerprint density at radius 3 is 1.17 bits per heavy atom. The molecule has 0 aromatic rings. The quantitative estimate of drug-likeness (QED) is 0.161.